The van der Waals surface area contributed by atoms with E-state index in [0.717, 1.165) is 39.0 Å². The number of carbonyl (C=O) groups excluding carboxylic acids is 3. The Morgan fingerprint density at radius 2 is 1.90 bits per heavy atom. The second kappa shape index (κ2) is 9.43. The molecule has 0 radical (unpaired) electrons. The molecule has 1 fully saturated rings. The van der Waals surface area contributed by atoms with Gasteiger partial charge in [0.15, 0.2) is 6.61 Å². The van der Waals surface area contributed by atoms with Gasteiger partial charge in [-0.3, -0.25) is 14.4 Å². The van der Waals surface area contributed by atoms with Crippen LogP contribution in [0.25, 0.3) is 0 Å². The molecule has 2 amide bonds. The molecule has 1 heterocycles. The van der Waals surface area contributed by atoms with Crippen molar-refractivity contribution < 1.29 is 19.1 Å². The molecule has 158 valence electrons. The first kappa shape index (κ1) is 22.0. The maximum Gasteiger partial charge on any atom is 0.311 e. The van der Waals surface area contributed by atoms with Crippen molar-refractivity contribution in [2.75, 3.05) is 23.4 Å². The molecule has 0 unspecified atom stereocenters. The molecule has 1 saturated heterocycles. The molecule has 0 saturated carbocycles. The molecular weight excluding hydrogens is 448 g/mol. The van der Waals surface area contributed by atoms with Gasteiger partial charge in [0.05, 0.1) is 5.92 Å². The van der Waals surface area contributed by atoms with Crippen LogP contribution in [0, 0.1) is 19.8 Å². The van der Waals surface area contributed by atoms with Crippen molar-refractivity contribution in [3.05, 3.63) is 57.6 Å². The number of halogens is 1. The van der Waals surface area contributed by atoms with Gasteiger partial charge in [-0.15, -0.1) is 0 Å². The normalized spacial score (nSPS) is 15.9. The number of hydrogen-bond donors (Lipinski definition) is 1. The highest BCUT2D eigenvalue weighted by Gasteiger charge is 2.36. The second-order valence-corrected chi connectivity index (χ2v) is 8.42. The van der Waals surface area contributed by atoms with Gasteiger partial charge < -0.3 is 15.0 Å². The number of anilines is 2. The molecule has 3 rings (SSSR count). The van der Waals surface area contributed by atoms with Crippen molar-refractivity contribution in [1.29, 1.82) is 0 Å². The molecule has 0 aromatic heterocycles. The van der Waals surface area contributed by atoms with Crippen LogP contribution in [0.2, 0.25) is 0 Å². The molecule has 1 atom stereocenters. The fourth-order valence-electron chi connectivity index (χ4n) is 3.54. The number of aryl methyl sites for hydroxylation is 3. The standard InChI is InChI=1S/C23H25BrN2O4/c1-4-16-10-18(24)9-15(3)22(16)25-20(27)13-30-23(29)17-11-21(28)26(12-17)19-7-5-14(2)6-8-19/h5-10,17H,4,11-13H2,1-3H3,(H,25,27)/t17-/m1/s1. The number of esters is 1. The molecular formula is C23H25BrN2O4. The fraction of sp³-hybridized carbons (Fsp3) is 0.348. The third-order valence-corrected chi connectivity index (χ3v) is 5.63. The molecule has 0 bridgehead atoms. The van der Waals surface area contributed by atoms with Gasteiger partial charge in [0.2, 0.25) is 5.91 Å². The van der Waals surface area contributed by atoms with Crippen molar-refractivity contribution in [2.45, 2.75) is 33.6 Å². The summed E-state index contributed by atoms with van der Waals surface area (Å²) in [5.41, 5.74) is 4.52. The zero-order chi connectivity index (χ0) is 21.8. The van der Waals surface area contributed by atoms with Crippen molar-refractivity contribution in [1.82, 2.24) is 0 Å². The molecule has 7 heteroatoms. The molecule has 2 aromatic rings. The maximum absolute atomic E-state index is 12.4. The van der Waals surface area contributed by atoms with Gasteiger partial charge in [0.1, 0.15) is 0 Å². The van der Waals surface area contributed by atoms with E-state index in [4.69, 9.17) is 4.74 Å². The van der Waals surface area contributed by atoms with Gasteiger partial charge in [0.25, 0.3) is 5.91 Å². The Morgan fingerprint density at radius 3 is 2.57 bits per heavy atom. The average molecular weight is 473 g/mol. The average Bonchev–Trinajstić information content (AvgIpc) is 3.10. The van der Waals surface area contributed by atoms with E-state index < -0.39 is 17.8 Å². The maximum atomic E-state index is 12.4. The van der Waals surface area contributed by atoms with Crippen molar-refractivity contribution in [2.24, 2.45) is 5.92 Å². The zero-order valence-corrected chi connectivity index (χ0v) is 18.9. The van der Waals surface area contributed by atoms with Gasteiger partial charge in [-0.2, -0.15) is 0 Å². The van der Waals surface area contributed by atoms with E-state index in [-0.39, 0.29) is 25.5 Å². The first-order chi connectivity index (χ1) is 14.3. The highest BCUT2D eigenvalue weighted by atomic mass is 79.9. The molecule has 30 heavy (non-hydrogen) atoms. The summed E-state index contributed by atoms with van der Waals surface area (Å²) in [5, 5.41) is 2.84. The molecule has 1 aliphatic heterocycles. The van der Waals surface area contributed by atoms with E-state index in [0.29, 0.717) is 0 Å². The minimum atomic E-state index is -0.577. The third-order valence-electron chi connectivity index (χ3n) is 5.18. The van der Waals surface area contributed by atoms with Crippen molar-refractivity contribution in [3.63, 3.8) is 0 Å². The lowest BCUT2D eigenvalue weighted by molar-refractivity contribution is -0.151. The van der Waals surface area contributed by atoms with Crippen LogP contribution in [0.1, 0.15) is 30.0 Å². The Labute approximate surface area is 184 Å². The quantitative estimate of drug-likeness (QED) is 0.640. The van der Waals surface area contributed by atoms with Crippen LogP contribution in [0.5, 0.6) is 0 Å². The molecule has 0 aliphatic carbocycles. The van der Waals surface area contributed by atoms with Gasteiger partial charge in [0, 0.05) is 28.8 Å². The molecule has 1 aliphatic rings. The SMILES string of the molecule is CCc1cc(Br)cc(C)c1NC(=O)COC(=O)[C@@H]1CC(=O)N(c2ccc(C)cc2)C1. The lowest BCUT2D eigenvalue weighted by atomic mass is 10.1. The van der Waals surface area contributed by atoms with Gasteiger partial charge in [-0.25, -0.2) is 0 Å². The molecule has 6 nitrogen and oxygen atoms in total. The summed E-state index contributed by atoms with van der Waals surface area (Å²) in [6, 6.07) is 11.4. The zero-order valence-electron chi connectivity index (χ0n) is 17.3. The topological polar surface area (TPSA) is 75.7 Å². The van der Waals surface area contributed by atoms with Crippen LogP contribution in [-0.2, 0) is 25.5 Å². The number of benzene rings is 2. The van der Waals surface area contributed by atoms with Gasteiger partial charge in [-0.05, 0) is 55.7 Å². The molecule has 2 aromatic carbocycles. The predicted octanol–water partition coefficient (Wildman–Crippen LogP) is 4.16. The Morgan fingerprint density at radius 1 is 1.20 bits per heavy atom. The van der Waals surface area contributed by atoms with Gasteiger partial charge >= 0.3 is 5.97 Å². The predicted molar refractivity (Wildman–Crippen MR) is 119 cm³/mol. The van der Waals surface area contributed by atoms with E-state index in [9.17, 15) is 14.4 Å². The van der Waals surface area contributed by atoms with Crippen molar-refractivity contribution in [3.8, 4) is 0 Å². The number of carbonyl (C=O) groups is 3. The first-order valence-electron chi connectivity index (χ1n) is 9.91. The number of nitrogens with one attached hydrogen (secondary N) is 1. The van der Waals surface area contributed by atoms with E-state index in [2.05, 4.69) is 21.2 Å². The largest absolute Gasteiger partial charge is 0.455 e. The number of rotatable bonds is 6. The van der Waals surface area contributed by atoms with Crippen molar-refractivity contribution >= 4 is 45.1 Å². The van der Waals surface area contributed by atoms with Crippen LogP contribution in [0.4, 0.5) is 11.4 Å². The minimum Gasteiger partial charge on any atom is -0.455 e. The summed E-state index contributed by atoms with van der Waals surface area (Å²) in [5.74, 6) is -1.63. The van der Waals surface area contributed by atoms with Crippen LogP contribution >= 0.6 is 15.9 Å². The van der Waals surface area contributed by atoms with E-state index in [1.54, 1.807) is 4.90 Å². The summed E-state index contributed by atoms with van der Waals surface area (Å²) in [6.07, 6.45) is 0.842. The summed E-state index contributed by atoms with van der Waals surface area (Å²) in [4.78, 5) is 38.7. The highest BCUT2D eigenvalue weighted by molar-refractivity contribution is 9.10. The summed E-state index contributed by atoms with van der Waals surface area (Å²) >= 11 is 3.46. The Balaban J connectivity index is 1.56. The molecule has 1 N–H and O–H groups in total. The molecule has 0 spiro atoms. The minimum absolute atomic E-state index is 0.0835. The van der Waals surface area contributed by atoms with Crippen LogP contribution in [-0.4, -0.2) is 30.9 Å². The van der Waals surface area contributed by atoms with Crippen LogP contribution in [0.3, 0.4) is 0 Å². The Bertz CT molecular complexity index is 972. The summed E-state index contributed by atoms with van der Waals surface area (Å²) in [6.45, 7) is 5.77. The number of ether oxygens (including phenoxy) is 1. The first-order valence-corrected chi connectivity index (χ1v) is 10.7. The fourth-order valence-corrected chi connectivity index (χ4v) is 4.16. The summed E-state index contributed by atoms with van der Waals surface area (Å²) < 4.78 is 6.16. The number of nitrogens with zero attached hydrogens (tertiary/aromatic N) is 1. The lowest BCUT2D eigenvalue weighted by Crippen LogP contribution is -2.28. The van der Waals surface area contributed by atoms with E-state index in [1.807, 2.05) is 57.2 Å². The smallest absolute Gasteiger partial charge is 0.311 e. The Kier molecular flexibility index (Phi) is 6.92. The third kappa shape index (κ3) is 5.08. The van der Waals surface area contributed by atoms with Crippen LogP contribution in [0.15, 0.2) is 40.9 Å². The highest BCUT2D eigenvalue weighted by Crippen LogP contribution is 2.27. The Hall–Kier alpha value is -2.67. The van der Waals surface area contributed by atoms with E-state index >= 15 is 0 Å². The number of amides is 2. The second-order valence-electron chi connectivity index (χ2n) is 7.51. The van der Waals surface area contributed by atoms with Gasteiger partial charge in [-0.1, -0.05) is 40.5 Å². The lowest BCUT2D eigenvalue weighted by Gasteiger charge is -2.17. The van der Waals surface area contributed by atoms with Crippen LogP contribution < -0.4 is 10.2 Å². The van der Waals surface area contributed by atoms with E-state index in [1.165, 1.54) is 0 Å². The monoisotopic (exact) mass is 472 g/mol. The summed E-state index contributed by atoms with van der Waals surface area (Å²) in [7, 11) is 0. The number of hydrogen-bond acceptors (Lipinski definition) is 4.